The van der Waals surface area contributed by atoms with E-state index in [0.29, 0.717) is 5.56 Å². The van der Waals surface area contributed by atoms with Crippen LogP contribution in [0.3, 0.4) is 0 Å². The number of aromatic hydroxyl groups is 1. The molecule has 0 aliphatic rings. The van der Waals surface area contributed by atoms with Crippen molar-refractivity contribution in [3.05, 3.63) is 28.8 Å². The number of carboxylic acids is 1. The Bertz CT molecular complexity index is 419. The monoisotopic (exact) mass is 222 g/mol. The van der Waals surface area contributed by atoms with Gasteiger partial charge in [-0.1, -0.05) is 26.8 Å². The molecule has 1 aromatic carbocycles. The molecule has 1 aromatic rings. The second-order valence-corrected chi connectivity index (χ2v) is 4.73. The molecule has 3 heteroatoms. The smallest absolute Gasteiger partial charge is 0.339 e. The van der Waals surface area contributed by atoms with Gasteiger partial charge in [-0.05, 0) is 36.0 Å². The number of hydrogen-bond acceptors (Lipinski definition) is 2. The number of rotatable bonds is 3. The van der Waals surface area contributed by atoms with Crippen LogP contribution in [0, 0.1) is 6.92 Å². The Morgan fingerprint density at radius 3 is 2.38 bits per heavy atom. The van der Waals surface area contributed by atoms with Crippen LogP contribution in [0.25, 0.3) is 0 Å². The summed E-state index contributed by atoms with van der Waals surface area (Å²) in [5, 5.41) is 18.6. The molecule has 0 atom stereocenters. The highest BCUT2D eigenvalue weighted by molar-refractivity contribution is 5.91. The van der Waals surface area contributed by atoms with E-state index in [-0.39, 0.29) is 16.7 Å². The highest BCUT2D eigenvalue weighted by atomic mass is 16.4. The molecule has 0 aliphatic carbocycles. The first-order chi connectivity index (χ1) is 7.29. The van der Waals surface area contributed by atoms with E-state index >= 15 is 0 Å². The fourth-order valence-electron chi connectivity index (χ4n) is 1.54. The first-order valence-corrected chi connectivity index (χ1v) is 5.37. The Hall–Kier alpha value is -1.51. The predicted molar refractivity (Wildman–Crippen MR) is 63.1 cm³/mol. The maximum absolute atomic E-state index is 11.0. The van der Waals surface area contributed by atoms with Gasteiger partial charge in [-0.2, -0.15) is 0 Å². The second kappa shape index (κ2) is 4.16. The van der Waals surface area contributed by atoms with Crippen LogP contribution >= 0.6 is 0 Å². The van der Waals surface area contributed by atoms with Gasteiger partial charge < -0.3 is 10.2 Å². The summed E-state index contributed by atoms with van der Waals surface area (Å²) in [7, 11) is 0. The van der Waals surface area contributed by atoms with Gasteiger partial charge in [0, 0.05) is 0 Å². The molecule has 0 fully saturated rings. The number of phenols is 1. The predicted octanol–water partition coefficient (Wildman–Crippen LogP) is 3.09. The second-order valence-electron chi connectivity index (χ2n) is 4.73. The van der Waals surface area contributed by atoms with Crippen molar-refractivity contribution in [3.8, 4) is 5.75 Å². The minimum absolute atomic E-state index is 0.0171. The summed E-state index contributed by atoms with van der Waals surface area (Å²) in [6.45, 7) is 7.90. The highest BCUT2D eigenvalue weighted by Crippen LogP contribution is 2.32. The highest BCUT2D eigenvalue weighted by Gasteiger charge is 2.22. The zero-order chi connectivity index (χ0) is 12.5. The first kappa shape index (κ1) is 12.6. The van der Waals surface area contributed by atoms with Crippen molar-refractivity contribution in [2.24, 2.45) is 0 Å². The number of aromatic carboxylic acids is 1. The maximum Gasteiger partial charge on any atom is 0.339 e. The normalized spacial score (nSPS) is 11.5. The number of carbonyl (C=O) groups is 1. The van der Waals surface area contributed by atoms with Gasteiger partial charge in [0.15, 0.2) is 0 Å². The number of aryl methyl sites for hydroxylation is 1. The third-order valence-electron chi connectivity index (χ3n) is 3.20. The molecule has 0 radical (unpaired) electrons. The molecule has 0 spiro atoms. The zero-order valence-electron chi connectivity index (χ0n) is 10.2. The molecule has 0 aliphatic heterocycles. The van der Waals surface area contributed by atoms with Crippen molar-refractivity contribution in [1.82, 2.24) is 0 Å². The van der Waals surface area contributed by atoms with Crippen molar-refractivity contribution < 1.29 is 15.0 Å². The quantitative estimate of drug-likeness (QED) is 0.826. The van der Waals surface area contributed by atoms with E-state index < -0.39 is 5.97 Å². The largest absolute Gasteiger partial charge is 0.507 e. The molecular formula is C13H18O3. The van der Waals surface area contributed by atoms with Crippen LogP contribution in [0.1, 0.15) is 48.7 Å². The minimum atomic E-state index is -1.09. The lowest BCUT2D eigenvalue weighted by Crippen LogP contribution is -2.16. The average molecular weight is 222 g/mol. The summed E-state index contributed by atoms with van der Waals surface area (Å²) in [5.74, 6) is -1.22. The minimum Gasteiger partial charge on any atom is -0.507 e. The number of benzene rings is 1. The lowest BCUT2D eigenvalue weighted by molar-refractivity contribution is 0.0693. The Balaban J connectivity index is 3.41. The van der Waals surface area contributed by atoms with Crippen LogP contribution in [-0.4, -0.2) is 16.2 Å². The summed E-state index contributed by atoms with van der Waals surface area (Å²) in [6, 6.07) is 3.42. The average Bonchev–Trinajstić information content (AvgIpc) is 2.21. The van der Waals surface area contributed by atoms with Gasteiger partial charge in [-0.3, -0.25) is 0 Å². The van der Waals surface area contributed by atoms with Gasteiger partial charge in [-0.15, -0.1) is 0 Å². The van der Waals surface area contributed by atoms with E-state index in [2.05, 4.69) is 20.8 Å². The van der Waals surface area contributed by atoms with Crippen molar-refractivity contribution in [2.75, 3.05) is 0 Å². The molecular weight excluding hydrogens is 204 g/mol. The molecule has 3 nitrogen and oxygen atoms in total. The Morgan fingerprint density at radius 2 is 1.94 bits per heavy atom. The molecule has 88 valence electrons. The summed E-state index contributed by atoms with van der Waals surface area (Å²) in [4.78, 5) is 11.0. The van der Waals surface area contributed by atoms with E-state index in [1.807, 2.05) is 6.07 Å². The van der Waals surface area contributed by atoms with Crippen molar-refractivity contribution in [1.29, 1.82) is 0 Å². The lowest BCUT2D eigenvalue weighted by atomic mass is 9.80. The van der Waals surface area contributed by atoms with E-state index in [1.54, 1.807) is 13.0 Å². The van der Waals surface area contributed by atoms with Crippen LogP contribution in [0.2, 0.25) is 0 Å². The number of hydrogen-bond donors (Lipinski definition) is 2. The SMILES string of the molecule is CCC(C)(C)c1cc(C)c(O)c(C(=O)O)c1. The van der Waals surface area contributed by atoms with Crippen molar-refractivity contribution >= 4 is 5.97 Å². The lowest BCUT2D eigenvalue weighted by Gasteiger charge is -2.24. The van der Waals surface area contributed by atoms with E-state index in [0.717, 1.165) is 12.0 Å². The Kier molecular flexibility index (Phi) is 3.27. The van der Waals surface area contributed by atoms with Crippen molar-refractivity contribution in [2.45, 2.75) is 39.5 Å². The topological polar surface area (TPSA) is 57.5 Å². The fourth-order valence-corrected chi connectivity index (χ4v) is 1.54. The Morgan fingerprint density at radius 1 is 1.38 bits per heavy atom. The third kappa shape index (κ3) is 2.18. The van der Waals surface area contributed by atoms with Gasteiger partial charge in [0.25, 0.3) is 0 Å². The molecule has 0 saturated heterocycles. The van der Waals surface area contributed by atoms with Gasteiger partial charge in [0.2, 0.25) is 0 Å². The van der Waals surface area contributed by atoms with Gasteiger partial charge in [-0.25, -0.2) is 4.79 Å². The van der Waals surface area contributed by atoms with Crippen LogP contribution < -0.4 is 0 Å². The summed E-state index contributed by atoms with van der Waals surface area (Å²) in [5.41, 5.74) is 1.46. The van der Waals surface area contributed by atoms with Crippen LogP contribution in [0.4, 0.5) is 0 Å². The first-order valence-electron chi connectivity index (χ1n) is 5.37. The number of carboxylic acid groups (broad SMARTS) is 1. The van der Waals surface area contributed by atoms with Crippen LogP contribution in [0.5, 0.6) is 5.75 Å². The summed E-state index contributed by atoms with van der Waals surface area (Å²) >= 11 is 0. The molecule has 0 aromatic heterocycles. The van der Waals surface area contributed by atoms with Crippen molar-refractivity contribution in [3.63, 3.8) is 0 Å². The molecule has 0 amide bonds. The molecule has 16 heavy (non-hydrogen) atoms. The zero-order valence-corrected chi connectivity index (χ0v) is 10.2. The van der Waals surface area contributed by atoms with E-state index in [9.17, 15) is 9.90 Å². The fraction of sp³-hybridized carbons (Fsp3) is 0.462. The molecule has 2 N–H and O–H groups in total. The van der Waals surface area contributed by atoms with Gasteiger partial charge in [0.1, 0.15) is 11.3 Å². The molecule has 0 bridgehead atoms. The molecule has 0 saturated carbocycles. The summed E-state index contributed by atoms with van der Waals surface area (Å²) < 4.78 is 0. The summed E-state index contributed by atoms with van der Waals surface area (Å²) in [6.07, 6.45) is 0.913. The van der Waals surface area contributed by atoms with E-state index in [4.69, 9.17) is 5.11 Å². The van der Waals surface area contributed by atoms with Gasteiger partial charge in [0.05, 0.1) is 0 Å². The standard InChI is InChI=1S/C13H18O3/c1-5-13(3,4)9-6-8(2)11(14)10(7-9)12(15)16/h6-7,14H,5H2,1-4H3,(H,15,16). The van der Waals surface area contributed by atoms with Crippen LogP contribution in [-0.2, 0) is 5.41 Å². The molecule has 1 rings (SSSR count). The maximum atomic E-state index is 11.0. The van der Waals surface area contributed by atoms with Crippen LogP contribution in [0.15, 0.2) is 12.1 Å². The van der Waals surface area contributed by atoms with E-state index in [1.165, 1.54) is 0 Å². The Labute approximate surface area is 95.7 Å². The van der Waals surface area contributed by atoms with Gasteiger partial charge >= 0.3 is 5.97 Å². The molecule has 0 heterocycles. The molecule has 0 unspecified atom stereocenters. The third-order valence-corrected chi connectivity index (χ3v) is 3.20.